The third-order valence-corrected chi connectivity index (χ3v) is 2.28. The summed E-state index contributed by atoms with van der Waals surface area (Å²) >= 11 is 0. The van der Waals surface area contributed by atoms with Crippen LogP contribution in [0.1, 0.15) is 23.0 Å². The number of aromatic nitrogens is 2. The van der Waals surface area contributed by atoms with Gasteiger partial charge in [-0.1, -0.05) is 5.16 Å². The van der Waals surface area contributed by atoms with Gasteiger partial charge in [-0.3, -0.25) is 9.97 Å². The first-order valence-corrected chi connectivity index (χ1v) is 5.44. The highest BCUT2D eigenvalue weighted by Gasteiger charge is 2.08. The molecular weight excluding hydrogens is 249 g/mol. The molecule has 1 heterocycles. The molecule has 19 heavy (non-hydrogen) atoms. The smallest absolute Gasteiger partial charge is 0.312 e. The molecule has 96 valence electrons. The highest BCUT2D eigenvalue weighted by atomic mass is 19.1. The van der Waals surface area contributed by atoms with E-state index in [0.717, 1.165) is 0 Å². The standard InChI is InChI=1S/C13H10FN3O2/c1-9(12-8-15-6-7-16-12)17-19-13(18)10-2-4-11(14)5-3-10/h2-8H,1H3/b17-9+. The number of benzene rings is 1. The normalized spacial score (nSPS) is 11.2. The van der Waals surface area contributed by atoms with Crippen molar-refractivity contribution in [3.8, 4) is 0 Å². The number of rotatable bonds is 3. The molecule has 0 fully saturated rings. The van der Waals surface area contributed by atoms with Crippen molar-refractivity contribution in [1.29, 1.82) is 0 Å². The molecule has 0 aliphatic heterocycles. The molecule has 0 aliphatic carbocycles. The molecule has 0 bridgehead atoms. The molecule has 1 aromatic heterocycles. The van der Waals surface area contributed by atoms with Crippen molar-refractivity contribution in [2.75, 3.05) is 0 Å². The topological polar surface area (TPSA) is 64.4 Å². The molecule has 5 nitrogen and oxygen atoms in total. The largest absolute Gasteiger partial charge is 0.365 e. The molecule has 0 radical (unpaired) electrons. The molecule has 1 aromatic carbocycles. The number of halogens is 1. The van der Waals surface area contributed by atoms with E-state index in [9.17, 15) is 9.18 Å². The van der Waals surface area contributed by atoms with E-state index in [1.165, 1.54) is 42.9 Å². The average Bonchev–Trinajstić information content (AvgIpc) is 2.46. The van der Waals surface area contributed by atoms with Crippen molar-refractivity contribution in [2.45, 2.75) is 6.92 Å². The Hall–Kier alpha value is -2.63. The average molecular weight is 259 g/mol. The van der Waals surface area contributed by atoms with E-state index in [4.69, 9.17) is 4.84 Å². The Balaban J connectivity index is 2.06. The van der Waals surface area contributed by atoms with E-state index in [2.05, 4.69) is 15.1 Å². The fourth-order valence-corrected chi connectivity index (χ4v) is 1.28. The maximum Gasteiger partial charge on any atom is 0.365 e. The molecule has 0 amide bonds. The van der Waals surface area contributed by atoms with Crippen molar-refractivity contribution in [3.05, 3.63) is 59.9 Å². The highest BCUT2D eigenvalue weighted by molar-refractivity contribution is 5.97. The minimum Gasteiger partial charge on any atom is -0.312 e. The Morgan fingerprint density at radius 3 is 2.63 bits per heavy atom. The third-order valence-electron chi connectivity index (χ3n) is 2.28. The molecule has 0 atom stereocenters. The first-order valence-electron chi connectivity index (χ1n) is 5.44. The van der Waals surface area contributed by atoms with Crippen molar-refractivity contribution >= 4 is 11.7 Å². The molecule has 2 aromatic rings. The van der Waals surface area contributed by atoms with Crippen LogP contribution in [0.2, 0.25) is 0 Å². The van der Waals surface area contributed by atoms with Crippen LogP contribution >= 0.6 is 0 Å². The van der Waals surface area contributed by atoms with E-state index in [-0.39, 0.29) is 5.56 Å². The first-order chi connectivity index (χ1) is 9.16. The van der Waals surface area contributed by atoms with E-state index in [0.29, 0.717) is 11.4 Å². The molecule has 0 N–H and O–H groups in total. The number of carbonyl (C=O) groups excluding carboxylic acids is 1. The van der Waals surface area contributed by atoms with Gasteiger partial charge in [0.15, 0.2) is 0 Å². The molecule has 6 heteroatoms. The molecule has 0 saturated heterocycles. The van der Waals surface area contributed by atoms with Gasteiger partial charge in [-0.25, -0.2) is 9.18 Å². The summed E-state index contributed by atoms with van der Waals surface area (Å²) in [5, 5.41) is 3.66. The van der Waals surface area contributed by atoms with E-state index < -0.39 is 11.8 Å². The van der Waals surface area contributed by atoms with Crippen LogP contribution in [-0.4, -0.2) is 21.6 Å². The van der Waals surface area contributed by atoms with Crippen molar-refractivity contribution in [2.24, 2.45) is 5.16 Å². The van der Waals surface area contributed by atoms with Gasteiger partial charge in [0.2, 0.25) is 0 Å². The van der Waals surface area contributed by atoms with Crippen LogP contribution in [0.3, 0.4) is 0 Å². The Bertz CT molecular complexity index is 597. The molecule has 0 unspecified atom stereocenters. The van der Waals surface area contributed by atoms with Crippen LogP contribution in [0, 0.1) is 5.82 Å². The van der Waals surface area contributed by atoms with Crippen LogP contribution in [0.25, 0.3) is 0 Å². The number of oxime groups is 1. The summed E-state index contributed by atoms with van der Waals surface area (Å²) in [6.07, 6.45) is 4.54. The summed E-state index contributed by atoms with van der Waals surface area (Å²) in [4.78, 5) is 24.2. The lowest BCUT2D eigenvalue weighted by Gasteiger charge is -2.00. The quantitative estimate of drug-likeness (QED) is 0.481. The number of hydrogen-bond acceptors (Lipinski definition) is 5. The zero-order chi connectivity index (χ0) is 13.7. The predicted octanol–water partition coefficient (Wildman–Crippen LogP) is 2.20. The molecule has 0 aliphatic rings. The summed E-state index contributed by atoms with van der Waals surface area (Å²) in [6.45, 7) is 1.64. The Morgan fingerprint density at radius 1 is 1.26 bits per heavy atom. The number of carbonyl (C=O) groups is 1. The lowest BCUT2D eigenvalue weighted by atomic mass is 10.2. The SMILES string of the molecule is C/C(=N\OC(=O)c1ccc(F)cc1)c1cnccn1. The van der Waals surface area contributed by atoms with Crippen molar-refractivity contribution < 1.29 is 14.0 Å². The third kappa shape index (κ3) is 3.41. The fourth-order valence-electron chi connectivity index (χ4n) is 1.28. The molecular formula is C13H10FN3O2. The van der Waals surface area contributed by atoms with E-state index in [1.54, 1.807) is 6.92 Å². The zero-order valence-electron chi connectivity index (χ0n) is 10.1. The van der Waals surface area contributed by atoms with Gasteiger partial charge >= 0.3 is 5.97 Å². The van der Waals surface area contributed by atoms with Gasteiger partial charge in [0.25, 0.3) is 0 Å². The lowest BCUT2D eigenvalue weighted by Crippen LogP contribution is -2.05. The summed E-state index contributed by atoms with van der Waals surface area (Å²) in [7, 11) is 0. The monoisotopic (exact) mass is 259 g/mol. The molecule has 0 spiro atoms. The van der Waals surface area contributed by atoms with E-state index in [1.807, 2.05) is 0 Å². The Kier molecular flexibility index (Phi) is 3.92. The van der Waals surface area contributed by atoms with Crippen LogP contribution in [0.4, 0.5) is 4.39 Å². The molecule has 2 rings (SSSR count). The van der Waals surface area contributed by atoms with Gasteiger partial charge in [-0.05, 0) is 31.2 Å². The van der Waals surface area contributed by atoms with Crippen molar-refractivity contribution in [3.63, 3.8) is 0 Å². The van der Waals surface area contributed by atoms with Gasteiger partial charge in [0.05, 0.1) is 11.8 Å². The highest BCUT2D eigenvalue weighted by Crippen LogP contribution is 2.05. The predicted molar refractivity (Wildman–Crippen MR) is 66.1 cm³/mol. The summed E-state index contributed by atoms with van der Waals surface area (Å²) in [5.41, 5.74) is 1.15. The number of hydrogen-bond donors (Lipinski definition) is 0. The summed E-state index contributed by atoms with van der Waals surface area (Å²) in [6, 6.07) is 5.00. The maximum absolute atomic E-state index is 12.7. The number of nitrogens with zero attached hydrogens (tertiary/aromatic N) is 3. The summed E-state index contributed by atoms with van der Waals surface area (Å²) < 4.78 is 12.7. The fraction of sp³-hybridized carbons (Fsp3) is 0.0769. The van der Waals surface area contributed by atoms with Crippen LogP contribution in [0.15, 0.2) is 48.0 Å². The van der Waals surface area contributed by atoms with Crippen LogP contribution in [0.5, 0.6) is 0 Å². The van der Waals surface area contributed by atoms with Crippen LogP contribution in [-0.2, 0) is 4.84 Å². The summed E-state index contributed by atoms with van der Waals surface area (Å²) in [5.74, 6) is -1.08. The minimum absolute atomic E-state index is 0.220. The van der Waals surface area contributed by atoms with Crippen LogP contribution < -0.4 is 0 Å². The minimum atomic E-state index is -0.664. The lowest BCUT2D eigenvalue weighted by molar-refractivity contribution is 0.0516. The Labute approximate surface area is 108 Å². The molecule has 0 saturated carbocycles. The second-order valence-electron chi connectivity index (χ2n) is 3.65. The first kappa shape index (κ1) is 12.8. The zero-order valence-corrected chi connectivity index (χ0v) is 10.1. The Morgan fingerprint density at radius 2 is 2.00 bits per heavy atom. The second-order valence-corrected chi connectivity index (χ2v) is 3.65. The van der Waals surface area contributed by atoms with Gasteiger partial charge in [0.1, 0.15) is 17.2 Å². The van der Waals surface area contributed by atoms with Gasteiger partial charge in [-0.2, -0.15) is 0 Å². The van der Waals surface area contributed by atoms with Crippen molar-refractivity contribution in [1.82, 2.24) is 9.97 Å². The maximum atomic E-state index is 12.7. The van der Waals surface area contributed by atoms with Gasteiger partial charge in [-0.15, -0.1) is 0 Å². The second kappa shape index (κ2) is 5.81. The van der Waals surface area contributed by atoms with Gasteiger partial charge < -0.3 is 4.84 Å². The van der Waals surface area contributed by atoms with E-state index >= 15 is 0 Å². The van der Waals surface area contributed by atoms with Gasteiger partial charge in [0, 0.05) is 12.4 Å².